The lowest BCUT2D eigenvalue weighted by atomic mass is 10.0. The summed E-state index contributed by atoms with van der Waals surface area (Å²) in [6.45, 7) is 7.00. The van der Waals surface area contributed by atoms with Crippen LogP contribution in [0.5, 0.6) is 0 Å². The minimum atomic E-state index is 0.235. The highest BCUT2D eigenvalue weighted by atomic mass is 16.5. The van der Waals surface area contributed by atoms with Gasteiger partial charge in [0.25, 0.3) is 0 Å². The first-order valence-electron chi connectivity index (χ1n) is 9.23. The number of rotatable bonds is 6. The van der Waals surface area contributed by atoms with Crippen molar-refractivity contribution < 1.29 is 9.26 Å². The quantitative estimate of drug-likeness (QED) is 0.737. The molecule has 1 N–H and O–H groups in total. The van der Waals surface area contributed by atoms with Crippen molar-refractivity contribution in [1.82, 2.24) is 20.0 Å². The number of likely N-dealkylation sites (tertiary alicyclic amines) is 1. The second-order valence-corrected chi connectivity index (χ2v) is 7.39. The fraction of sp³-hybridized carbons (Fsp3) is 0.500. The second kappa shape index (κ2) is 7.21. The topological polar surface area (TPSA) is 67.2 Å². The molecule has 138 valence electrons. The molecule has 0 spiro atoms. The van der Waals surface area contributed by atoms with Gasteiger partial charge in [0.15, 0.2) is 0 Å². The Labute approximate surface area is 153 Å². The summed E-state index contributed by atoms with van der Waals surface area (Å²) in [5, 5.41) is 3.99. The number of fused-ring (bicyclic) bond motifs is 1. The number of methoxy groups -OCH3 is 1. The summed E-state index contributed by atoms with van der Waals surface area (Å²) < 4.78 is 11.1. The van der Waals surface area contributed by atoms with E-state index in [4.69, 9.17) is 14.2 Å². The van der Waals surface area contributed by atoms with E-state index in [-0.39, 0.29) is 6.10 Å². The molecule has 0 unspecified atom stereocenters. The zero-order valence-electron chi connectivity index (χ0n) is 15.7. The molecule has 0 bridgehead atoms. The number of benzene rings is 1. The number of aromatic amines is 1. The number of ether oxygens (including phenoxy) is 1. The first-order chi connectivity index (χ1) is 12.6. The average molecular weight is 354 g/mol. The molecule has 1 fully saturated rings. The van der Waals surface area contributed by atoms with Crippen molar-refractivity contribution in [3.63, 3.8) is 0 Å². The number of aromatic nitrogens is 3. The van der Waals surface area contributed by atoms with Gasteiger partial charge in [-0.1, -0.05) is 11.2 Å². The maximum atomic E-state index is 5.72. The molecule has 2 aromatic heterocycles. The van der Waals surface area contributed by atoms with Crippen molar-refractivity contribution >= 4 is 11.0 Å². The van der Waals surface area contributed by atoms with Crippen LogP contribution in [0.4, 0.5) is 0 Å². The minimum absolute atomic E-state index is 0.235. The molecule has 2 atom stereocenters. The fourth-order valence-electron chi connectivity index (χ4n) is 3.90. The van der Waals surface area contributed by atoms with Gasteiger partial charge in [0.05, 0.1) is 22.8 Å². The summed E-state index contributed by atoms with van der Waals surface area (Å²) in [6.07, 6.45) is 2.02. The van der Waals surface area contributed by atoms with Gasteiger partial charge in [-0.15, -0.1) is 0 Å². The predicted octanol–water partition coefficient (Wildman–Crippen LogP) is 2.90. The van der Waals surface area contributed by atoms with Gasteiger partial charge in [0, 0.05) is 51.6 Å². The highest BCUT2D eigenvalue weighted by Gasteiger charge is 2.33. The van der Waals surface area contributed by atoms with E-state index in [2.05, 4.69) is 40.2 Å². The highest BCUT2D eigenvalue weighted by Crippen LogP contribution is 2.24. The van der Waals surface area contributed by atoms with Crippen LogP contribution < -0.4 is 0 Å². The Balaban J connectivity index is 1.37. The first kappa shape index (κ1) is 17.2. The van der Waals surface area contributed by atoms with E-state index >= 15 is 0 Å². The van der Waals surface area contributed by atoms with Crippen LogP contribution in [0.15, 0.2) is 28.8 Å². The molecule has 1 aromatic carbocycles. The predicted molar refractivity (Wildman–Crippen MR) is 100 cm³/mol. The Morgan fingerprint density at radius 2 is 2.15 bits per heavy atom. The van der Waals surface area contributed by atoms with E-state index in [0.717, 1.165) is 60.8 Å². The fourth-order valence-corrected chi connectivity index (χ4v) is 3.90. The van der Waals surface area contributed by atoms with Gasteiger partial charge >= 0.3 is 0 Å². The van der Waals surface area contributed by atoms with Crippen molar-refractivity contribution in [1.29, 1.82) is 0 Å². The third kappa shape index (κ3) is 3.66. The van der Waals surface area contributed by atoms with Crippen molar-refractivity contribution in [2.45, 2.75) is 32.8 Å². The molecule has 6 heteroatoms. The summed E-state index contributed by atoms with van der Waals surface area (Å²) in [7, 11) is 1.80. The average Bonchev–Trinajstić information content (AvgIpc) is 3.31. The molecule has 3 aromatic rings. The zero-order chi connectivity index (χ0) is 18.1. The van der Waals surface area contributed by atoms with Crippen LogP contribution in [0.1, 0.15) is 22.8 Å². The third-order valence-electron chi connectivity index (χ3n) is 5.25. The Morgan fingerprint density at radius 1 is 1.27 bits per heavy atom. The number of H-pyrrole nitrogens is 1. The molecule has 0 radical (unpaired) electrons. The lowest BCUT2D eigenvalue weighted by Crippen LogP contribution is -2.25. The summed E-state index contributed by atoms with van der Waals surface area (Å²) >= 11 is 0. The van der Waals surface area contributed by atoms with Gasteiger partial charge in [-0.3, -0.25) is 4.90 Å². The summed E-state index contributed by atoms with van der Waals surface area (Å²) in [5.74, 6) is 2.43. The molecule has 0 saturated carbocycles. The molecule has 1 aliphatic rings. The number of aryl methyl sites for hydroxylation is 2. The van der Waals surface area contributed by atoms with E-state index in [1.54, 1.807) is 7.11 Å². The zero-order valence-corrected chi connectivity index (χ0v) is 15.7. The highest BCUT2D eigenvalue weighted by molar-refractivity contribution is 5.75. The molecule has 3 heterocycles. The Morgan fingerprint density at radius 3 is 2.92 bits per heavy atom. The Kier molecular flexibility index (Phi) is 4.78. The van der Waals surface area contributed by atoms with Crippen LogP contribution >= 0.6 is 0 Å². The van der Waals surface area contributed by atoms with Crippen LogP contribution in [0, 0.1) is 19.8 Å². The number of nitrogens with one attached hydrogen (secondary N) is 1. The number of imidazole rings is 1. The second-order valence-electron chi connectivity index (χ2n) is 7.39. The molecule has 6 nitrogen and oxygen atoms in total. The van der Waals surface area contributed by atoms with Crippen molar-refractivity contribution in [3.05, 3.63) is 47.1 Å². The van der Waals surface area contributed by atoms with E-state index in [9.17, 15) is 0 Å². The molecule has 4 rings (SSSR count). The summed E-state index contributed by atoms with van der Waals surface area (Å²) in [6, 6.07) is 8.35. The summed E-state index contributed by atoms with van der Waals surface area (Å²) in [4.78, 5) is 10.6. The largest absolute Gasteiger partial charge is 0.380 e. The minimum Gasteiger partial charge on any atom is -0.380 e. The van der Waals surface area contributed by atoms with Gasteiger partial charge < -0.3 is 14.2 Å². The van der Waals surface area contributed by atoms with Crippen LogP contribution in [0.25, 0.3) is 11.0 Å². The van der Waals surface area contributed by atoms with Gasteiger partial charge in [-0.2, -0.15) is 0 Å². The van der Waals surface area contributed by atoms with Crippen molar-refractivity contribution in [2.75, 3.05) is 26.7 Å². The van der Waals surface area contributed by atoms with Gasteiger partial charge in [0.1, 0.15) is 11.6 Å². The van der Waals surface area contributed by atoms with E-state index in [0.29, 0.717) is 5.92 Å². The SMILES string of the molecule is CO[C@H]1CN(CCc2nc3ccc(C)cc3[nH]2)C[C@H]1Cc1cc(C)no1. The van der Waals surface area contributed by atoms with Gasteiger partial charge in [0.2, 0.25) is 0 Å². The molecule has 0 aliphatic carbocycles. The molecule has 26 heavy (non-hydrogen) atoms. The van der Waals surface area contributed by atoms with Crippen LogP contribution in [0.3, 0.4) is 0 Å². The van der Waals surface area contributed by atoms with Crippen LogP contribution in [0.2, 0.25) is 0 Å². The summed E-state index contributed by atoms with van der Waals surface area (Å²) in [5.41, 5.74) is 4.35. The van der Waals surface area contributed by atoms with Crippen LogP contribution in [-0.4, -0.2) is 52.9 Å². The monoisotopic (exact) mass is 354 g/mol. The van der Waals surface area contributed by atoms with E-state index in [1.165, 1.54) is 5.56 Å². The Bertz CT molecular complexity index is 885. The van der Waals surface area contributed by atoms with E-state index < -0.39 is 0 Å². The number of nitrogens with zero attached hydrogens (tertiary/aromatic N) is 3. The van der Waals surface area contributed by atoms with E-state index in [1.807, 2.05) is 13.0 Å². The smallest absolute Gasteiger partial charge is 0.137 e. The normalized spacial score (nSPS) is 21.0. The van der Waals surface area contributed by atoms with Gasteiger partial charge in [-0.25, -0.2) is 4.98 Å². The first-order valence-corrected chi connectivity index (χ1v) is 9.23. The third-order valence-corrected chi connectivity index (χ3v) is 5.25. The van der Waals surface area contributed by atoms with Crippen molar-refractivity contribution in [3.8, 4) is 0 Å². The van der Waals surface area contributed by atoms with Crippen LogP contribution in [-0.2, 0) is 17.6 Å². The molecule has 1 saturated heterocycles. The number of hydrogen-bond acceptors (Lipinski definition) is 5. The molecule has 0 amide bonds. The van der Waals surface area contributed by atoms with Gasteiger partial charge in [-0.05, 0) is 31.5 Å². The maximum Gasteiger partial charge on any atom is 0.137 e. The molecule has 1 aliphatic heterocycles. The lowest BCUT2D eigenvalue weighted by Gasteiger charge is -2.14. The standard InChI is InChI=1S/C20H26N4O2/c1-13-4-5-17-18(8-13)22-20(21-17)6-7-24-11-15(19(12-24)25-3)10-16-9-14(2)23-26-16/h4-5,8-9,15,19H,6-7,10-12H2,1-3H3,(H,21,22)/t15-,19+/m1/s1. The Hall–Kier alpha value is -2.18. The van der Waals surface area contributed by atoms with Crippen molar-refractivity contribution in [2.24, 2.45) is 5.92 Å². The lowest BCUT2D eigenvalue weighted by molar-refractivity contribution is 0.0765. The molecular formula is C20H26N4O2. The maximum absolute atomic E-state index is 5.72. The molecular weight excluding hydrogens is 328 g/mol. The number of hydrogen-bond donors (Lipinski definition) is 1.